The summed E-state index contributed by atoms with van der Waals surface area (Å²) in [6.07, 6.45) is 2.29. The fourth-order valence-corrected chi connectivity index (χ4v) is 2.28. The Bertz CT molecular complexity index is 367. The van der Waals surface area contributed by atoms with Crippen LogP contribution in [0.3, 0.4) is 0 Å². The molecule has 0 bridgehead atoms. The van der Waals surface area contributed by atoms with Gasteiger partial charge < -0.3 is 10.4 Å². The molecule has 2 nitrogen and oxygen atoms in total. The van der Waals surface area contributed by atoms with Crippen molar-refractivity contribution in [1.29, 1.82) is 0 Å². The standard InChI is InChI=1S/C16H25NO/c1-11(2)13-4-8-15(9-5-13)16(18)10-17-12(3)14-6-7-14/h4-5,8-9,11-12,14,16-18H,6-7,10H2,1-3H3. The molecule has 100 valence electrons. The molecule has 1 saturated carbocycles. The van der Waals surface area contributed by atoms with E-state index in [1.807, 2.05) is 12.1 Å². The number of hydrogen-bond donors (Lipinski definition) is 2. The maximum Gasteiger partial charge on any atom is 0.0914 e. The van der Waals surface area contributed by atoms with Gasteiger partial charge in [-0.3, -0.25) is 0 Å². The van der Waals surface area contributed by atoms with Crippen LogP contribution in [0.15, 0.2) is 24.3 Å². The molecule has 1 aliphatic rings. The van der Waals surface area contributed by atoms with Gasteiger partial charge in [0.2, 0.25) is 0 Å². The molecular formula is C16H25NO. The molecule has 1 aromatic carbocycles. The number of benzene rings is 1. The van der Waals surface area contributed by atoms with E-state index in [0.717, 1.165) is 11.5 Å². The molecule has 18 heavy (non-hydrogen) atoms. The van der Waals surface area contributed by atoms with Crippen LogP contribution in [0, 0.1) is 5.92 Å². The van der Waals surface area contributed by atoms with Crippen LogP contribution >= 0.6 is 0 Å². The van der Waals surface area contributed by atoms with Gasteiger partial charge in [0.25, 0.3) is 0 Å². The van der Waals surface area contributed by atoms with Crippen LogP contribution < -0.4 is 5.32 Å². The smallest absolute Gasteiger partial charge is 0.0914 e. The van der Waals surface area contributed by atoms with Crippen molar-refractivity contribution in [1.82, 2.24) is 5.32 Å². The van der Waals surface area contributed by atoms with Gasteiger partial charge in [-0.1, -0.05) is 38.1 Å². The van der Waals surface area contributed by atoms with Crippen molar-refractivity contribution in [2.75, 3.05) is 6.54 Å². The van der Waals surface area contributed by atoms with Crippen molar-refractivity contribution in [3.8, 4) is 0 Å². The number of aliphatic hydroxyl groups excluding tert-OH is 1. The summed E-state index contributed by atoms with van der Waals surface area (Å²) in [5.74, 6) is 1.38. The van der Waals surface area contributed by atoms with Gasteiger partial charge in [0.1, 0.15) is 0 Å². The summed E-state index contributed by atoms with van der Waals surface area (Å²) in [6.45, 7) is 7.24. The van der Waals surface area contributed by atoms with Crippen molar-refractivity contribution in [2.24, 2.45) is 5.92 Å². The van der Waals surface area contributed by atoms with Gasteiger partial charge in [0, 0.05) is 12.6 Å². The Morgan fingerprint density at radius 1 is 1.11 bits per heavy atom. The van der Waals surface area contributed by atoms with E-state index in [2.05, 4.69) is 38.2 Å². The second-order valence-electron chi connectivity index (χ2n) is 5.87. The van der Waals surface area contributed by atoms with Crippen LogP contribution in [0.4, 0.5) is 0 Å². The fourth-order valence-electron chi connectivity index (χ4n) is 2.28. The second kappa shape index (κ2) is 5.85. The van der Waals surface area contributed by atoms with Gasteiger partial charge in [0.15, 0.2) is 0 Å². The normalized spacial score (nSPS) is 18.9. The summed E-state index contributed by atoms with van der Waals surface area (Å²) in [5, 5.41) is 13.6. The zero-order valence-corrected chi connectivity index (χ0v) is 11.7. The molecule has 1 fully saturated rings. The predicted octanol–water partition coefficient (Wildman–Crippen LogP) is 3.23. The highest BCUT2D eigenvalue weighted by atomic mass is 16.3. The number of nitrogens with one attached hydrogen (secondary N) is 1. The van der Waals surface area contributed by atoms with E-state index >= 15 is 0 Å². The Kier molecular flexibility index (Phi) is 4.41. The third-order valence-corrected chi connectivity index (χ3v) is 3.95. The Labute approximate surface area is 110 Å². The van der Waals surface area contributed by atoms with Crippen molar-refractivity contribution in [3.05, 3.63) is 35.4 Å². The molecule has 0 amide bonds. The predicted molar refractivity (Wildman–Crippen MR) is 75.7 cm³/mol. The van der Waals surface area contributed by atoms with E-state index in [1.165, 1.54) is 18.4 Å². The van der Waals surface area contributed by atoms with Crippen molar-refractivity contribution in [2.45, 2.75) is 51.7 Å². The van der Waals surface area contributed by atoms with Gasteiger partial charge in [0.05, 0.1) is 6.10 Å². The largest absolute Gasteiger partial charge is 0.387 e. The molecular weight excluding hydrogens is 222 g/mol. The average Bonchev–Trinajstić information content (AvgIpc) is 3.20. The highest BCUT2D eigenvalue weighted by Crippen LogP contribution is 2.32. The van der Waals surface area contributed by atoms with Gasteiger partial charge >= 0.3 is 0 Å². The first-order valence-corrected chi connectivity index (χ1v) is 7.09. The molecule has 0 spiro atoms. The van der Waals surface area contributed by atoms with E-state index in [9.17, 15) is 5.11 Å². The molecule has 2 heteroatoms. The molecule has 1 aromatic rings. The van der Waals surface area contributed by atoms with E-state index < -0.39 is 6.10 Å². The summed E-state index contributed by atoms with van der Waals surface area (Å²) in [5.41, 5.74) is 2.33. The number of hydrogen-bond acceptors (Lipinski definition) is 2. The molecule has 2 rings (SSSR count). The average molecular weight is 247 g/mol. The summed E-state index contributed by atoms with van der Waals surface area (Å²) < 4.78 is 0. The molecule has 2 unspecified atom stereocenters. The van der Waals surface area contributed by atoms with Crippen LogP contribution in [-0.2, 0) is 0 Å². The quantitative estimate of drug-likeness (QED) is 0.809. The molecule has 2 N–H and O–H groups in total. The highest BCUT2D eigenvalue weighted by molar-refractivity contribution is 5.26. The molecule has 0 radical (unpaired) electrons. The van der Waals surface area contributed by atoms with Crippen LogP contribution in [-0.4, -0.2) is 17.7 Å². The third kappa shape index (κ3) is 3.56. The monoisotopic (exact) mass is 247 g/mol. The minimum absolute atomic E-state index is 0.396. The molecule has 0 heterocycles. The lowest BCUT2D eigenvalue weighted by molar-refractivity contribution is 0.169. The van der Waals surface area contributed by atoms with Gasteiger partial charge in [-0.15, -0.1) is 0 Å². The lowest BCUT2D eigenvalue weighted by Crippen LogP contribution is -2.31. The summed E-state index contributed by atoms with van der Waals surface area (Å²) in [6, 6.07) is 8.86. The number of aliphatic hydroxyl groups is 1. The lowest BCUT2D eigenvalue weighted by atomic mass is 10.00. The third-order valence-electron chi connectivity index (χ3n) is 3.95. The van der Waals surface area contributed by atoms with E-state index in [0.29, 0.717) is 18.5 Å². The SMILES string of the molecule is CC(C)c1ccc(C(O)CNC(C)C2CC2)cc1. The van der Waals surface area contributed by atoms with E-state index in [1.54, 1.807) is 0 Å². The van der Waals surface area contributed by atoms with E-state index in [-0.39, 0.29) is 0 Å². The minimum Gasteiger partial charge on any atom is -0.387 e. The summed E-state index contributed by atoms with van der Waals surface area (Å²) in [7, 11) is 0. The fraction of sp³-hybridized carbons (Fsp3) is 0.625. The van der Waals surface area contributed by atoms with Gasteiger partial charge in [-0.2, -0.15) is 0 Å². The second-order valence-corrected chi connectivity index (χ2v) is 5.87. The van der Waals surface area contributed by atoms with Gasteiger partial charge in [-0.05, 0) is 42.7 Å². The lowest BCUT2D eigenvalue weighted by Gasteiger charge is -2.17. The summed E-state index contributed by atoms with van der Waals surface area (Å²) >= 11 is 0. The molecule has 1 aliphatic carbocycles. The molecule has 0 aromatic heterocycles. The van der Waals surface area contributed by atoms with Crippen molar-refractivity contribution in [3.63, 3.8) is 0 Å². The molecule has 2 atom stereocenters. The highest BCUT2D eigenvalue weighted by Gasteiger charge is 2.27. The number of rotatable bonds is 6. The Balaban J connectivity index is 1.85. The van der Waals surface area contributed by atoms with Crippen LogP contribution in [0.25, 0.3) is 0 Å². The first-order chi connectivity index (χ1) is 8.58. The maximum atomic E-state index is 10.1. The summed E-state index contributed by atoms with van der Waals surface area (Å²) in [4.78, 5) is 0. The van der Waals surface area contributed by atoms with Crippen molar-refractivity contribution >= 4 is 0 Å². The topological polar surface area (TPSA) is 32.3 Å². The Morgan fingerprint density at radius 3 is 2.17 bits per heavy atom. The zero-order valence-electron chi connectivity index (χ0n) is 11.7. The molecule has 0 saturated heterocycles. The van der Waals surface area contributed by atoms with Crippen molar-refractivity contribution < 1.29 is 5.11 Å². The zero-order chi connectivity index (χ0) is 13.1. The first-order valence-electron chi connectivity index (χ1n) is 7.09. The van der Waals surface area contributed by atoms with Crippen LogP contribution in [0.2, 0.25) is 0 Å². The Hall–Kier alpha value is -0.860. The Morgan fingerprint density at radius 2 is 1.67 bits per heavy atom. The van der Waals surface area contributed by atoms with Crippen LogP contribution in [0.5, 0.6) is 0 Å². The molecule has 0 aliphatic heterocycles. The van der Waals surface area contributed by atoms with Crippen LogP contribution in [0.1, 0.15) is 56.8 Å². The first kappa shape index (κ1) is 13.6. The minimum atomic E-state index is -0.396. The maximum absolute atomic E-state index is 10.1. The van der Waals surface area contributed by atoms with Gasteiger partial charge in [-0.25, -0.2) is 0 Å². The van der Waals surface area contributed by atoms with E-state index in [4.69, 9.17) is 0 Å².